The summed E-state index contributed by atoms with van der Waals surface area (Å²) in [6.07, 6.45) is 6.76. The number of hydrogen-bond acceptors (Lipinski definition) is 1. The Morgan fingerprint density at radius 1 is 1.29 bits per heavy atom. The van der Waals surface area contributed by atoms with Gasteiger partial charge in [0.2, 0.25) is 0 Å². The molecule has 0 fully saturated rings. The molecule has 0 nitrogen and oxygen atoms in total. The molecule has 0 saturated heterocycles. The Kier molecular flexibility index (Phi) is 5.24. The van der Waals surface area contributed by atoms with Gasteiger partial charge in [0.05, 0.1) is 0 Å². The van der Waals surface area contributed by atoms with Gasteiger partial charge < -0.3 is 0 Å². The molecule has 1 atom stereocenters. The monoisotopic (exact) mass is 210 g/mol. The molecule has 1 heterocycles. The summed E-state index contributed by atoms with van der Waals surface area (Å²) in [5.41, 5.74) is 0. The smallest absolute Gasteiger partial charge is 0.00508 e. The molecule has 0 aliphatic rings. The number of unbranched alkanes of at least 4 members (excludes halogenated alkanes) is 1. The van der Waals surface area contributed by atoms with E-state index in [1.807, 2.05) is 11.3 Å². The third kappa shape index (κ3) is 3.83. The molecule has 0 spiro atoms. The maximum absolute atomic E-state index is 2.32. The summed E-state index contributed by atoms with van der Waals surface area (Å²) in [6.45, 7) is 6.80. The first-order valence-corrected chi connectivity index (χ1v) is 6.63. The van der Waals surface area contributed by atoms with Gasteiger partial charge in [-0.3, -0.25) is 0 Å². The summed E-state index contributed by atoms with van der Waals surface area (Å²) in [5.74, 6) is 0.910. The lowest BCUT2D eigenvalue weighted by atomic mass is 9.95. The highest BCUT2D eigenvalue weighted by molar-refractivity contribution is 7.11. The predicted octanol–water partition coefficient (Wildman–Crippen LogP) is 4.82. The molecule has 1 unspecified atom stereocenters. The fraction of sp³-hybridized carbons (Fsp3) is 0.692. The lowest BCUT2D eigenvalue weighted by Crippen LogP contribution is -2.01. The van der Waals surface area contributed by atoms with Crippen molar-refractivity contribution in [1.29, 1.82) is 0 Å². The lowest BCUT2D eigenvalue weighted by Gasteiger charge is -2.12. The van der Waals surface area contributed by atoms with Crippen LogP contribution in [0.5, 0.6) is 0 Å². The van der Waals surface area contributed by atoms with Gasteiger partial charge in [-0.05, 0) is 31.4 Å². The Morgan fingerprint density at radius 3 is 2.57 bits per heavy atom. The van der Waals surface area contributed by atoms with Crippen molar-refractivity contribution in [1.82, 2.24) is 0 Å². The van der Waals surface area contributed by atoms with E-state index in [2.05, 4.69) is 32.9 Å². The van der Waals surface area contributed by atoms with E-state index in [0.29, 0.717) is 0 Å². The van der Waals surface area contributed by atoms with Gasteiger partial charge in [-0.1, -0.05) is 39.5 Å². The van der Waals surface area contributed by atoms with Crippen LogP contribution in [0.4, 0.5) is 0 Å². The van der Waals surface area contributed by atoms with E-state index in [1.165, 1.54) is 37.0 Å². The predicted molar refractivity (Wildman–Crippen MR) is 66.1 cm³/mol. The zero-order valence-corrected chi connectivity index (χ0v) is 10.5. The Hall–Kier alpha value is -0.300. The largest absolute Gasteiger partial charge is 0.146 e. The summed E-state index contributed by atoms with van der Waals surface area (Å²) in [5, 5.41) is 0. The second-order valence-corrected chi connectivity index (χ2v) is 5.51. The zero-order valence-electron chi connectivity index (χ0n) is 9.68. The standard InChI is InChI=1S/C13H22S/c1-4-6-7-12(5-2)10-13-9-8-11(3)14-13/h8-9,12H,4-7,10H2,1-3H3. The summed E-state index contributed by atoms with van der Waals surface area (Å²) in [4.78, 5) is 3.02. The van der Waals surface area contributed by atoms with Crippen molar-refractivity contribution >= 4 is 11.3 Å². The summed E-state index contributed by atoms with van der Waals surface area (Å²) >= 11 is 1.96. The van der Waals surface area contributed by atoms with Crippen LogP contribution in [0.15, 0.2) is 12.1 Å². The number of rotatable bonds is 6. The molecule has 0 saturated carbocycles. The molecule has 0 amide bonds. The molecule has 14 heavy (non-hydrogen) atoms. The van der Waals surface area contributed by atoms with Gasteiger partial charge in [-0.25, -0.2) is 0 Å². The maximum Gasteiger partial charge on any atom is 0.00508 e. The average molecular weight is 210 g/mol. The molecule has 0 aliphatic carbocycles. The summed E-state index contributed by atoms with van der Waals surface area (Å²) in [6, 6.07) is 4.54. The molecule has 1 aromatic heterocycles. The Labute approximate surface area is 92.4 Å². The van der Waals surface area contributed by atoms with Crippen LogP contribution in [0.3, 0.4) is 0 Å². The van der Waals surface area contributed by atoms with E-state index >= 15 is 0 Å². The van der Waals surface area contributed by atoms with Crippen molar-refractivity contribution < 1.29 is 0 Å². The van der Waals surface area contributed by atoms with Crippen molar-refractivity contribution in [3.8, 4) is 0 Å². The van der Waals surface area contributed by atoms with Crippen molar-refractivity contribution in [3.05, 3.63) is 21.9 Å². The SMILES string of the molecule is CCCCC(CC)Cc1ccc(C)s1. The van der Waals surface area contributed by atoms with Gasteiger partial charge in [0.1, 0.15) is 0 Å². The first-order valence-electron chi connectivity index (χ1n) is 5.81. The highest BCUT2D eigenvalue weighted by Gasteiger charge is 2.07. The molecule has 0 aromatic carbocycles. The molecular formula is C13H22S. The molecule has 0 radical (unpaired) electrons. The quantitative estimate of drug-likeness (QED) is 0.631. The topological polar surface area (TPSA) is 0 Å². The van der Waals surface area contributed by atoms with E-state index in [-0.39, 0.29) is 0 Å². The van der Waals surface area contributed by atoms with Crippen molar-refractivity contribution in [2.45, 2.75) is 52.9 Å². The lowest BCUT2D eigenvalue weighted by molar-refractivity contribution is 0.452. The van der Waals surface area contributed by atoms with Crippen LogP contribution in [0.1, 0.15) is 49.3 Å². The molecule has 80 valence electrons. The fourth-order valence-electron chi connectivity index (χ4n) is 1.82. The minimum absolute atomic E-state index is 0.910. The van der Waals surface area contributed by atoms with Crippen LogP contribution in [0, 0.1) is 12.8 Å². The normalized spacial score (nSPS) is 13.1. The molecule has 1 heteroatoms. The highest BCUT2D eigenvalue weighted by atomic mass is 32.1. The number of thiophene rings is 1. The Balaban J connectivity index is 2.40. The molecule has 1 rings (SSSR count). The first-order chi connectivity index (χ1) is 6.76. The number of aryl methyl sites for hydroxylation is 1. The highest BCUT2D eigenvalue weighted by Crippen LogP contribution is 2.23. The second kappa shape index (κ2) is 6.23. The van der Waals surface area contributed by atoms with Crippen LogP contribution in [0.25, 0.3) is 0 Å². The molecule has 0 bridgehead atoms. The minimum atomic E-state index is 0.910. The third-order valence-corrected chi connectivity index (χ3v) is 3.85. The van der Waals surface area contributed by atoms with Crippen LogP contribution < -0.4 is 0 Å². The Bertz CT molecular complexity index is 249. The third-order valence-electron chi connectivity index (χ3n) is 2.83. The zero-order chi connectivity index (χ0) is 10.4. The van der Waals surface area contributed by atoms with Crippen molar-refractivity contribution in [2.24, 2.45) is 5.92 Å². The summed E-state index contributed by atoms with van der Waals surface area (Å²) in [7, 11) is 0. The van der Waals surface area contributed by atoms with E-state index in [0.717, 1.165) is 5.92 Å². The summed E-state index contributed by atoms with van der Waals surface area (Å²) < 4.78 is 0. The van der Waals surface area contributed by atoms with Gasteiger partial charge in [0, 0.05) is 9.75 Å². The Morgan fingerprint density at radius 2 is 2.07 bits per heavy atom. The fourth-order valence-corrected chi connectivity index (χ4v) is 2.83. The maximum atomic E-state index is 2.32. The van der Waals surface area contributed by atoms with Gasteiger partial charge in [0.15, 0.2) is 0 Å². The molecular weight excluding hydrogens is 188 g/mol. The van der Waals surface area contributed by atoms with Gasteiger partial charge >= 0.3 is 0 Å². The minimum Gasteiger partial charge on any atom is -0.146 e. The number of hydrogen-bond donors (Lipinski definition) is 0. The van der Waals surface area contributed by atoms with Gasteiger partial charge in [-0.2, -0.15) is 0 Å². The van der Waals surface area contributed by atoms with Gasteiger partial charge in [-0.15, -0.1) is 11.3 Å². The van der Waals surface area contributed by atoms with E-state index in [4.69, 9.17) is 0 Å². The van der Waals surface area contributed by atoms with E-state index in [9.17, 15) is 0 Å². The van der Waals surface area contributed by atoms with Crippen LogP contribution in [0.2, 0.25) is 0 Å². The first kappa shape index (κ1) is 11.8. The van der Waals surface area contributed by atoms with Crippen LogP contribution in [-0.4, -0.2) is 0 Å². The van der Waals surface area contributed by atoms with Crippen molar-refractivity contribution in [3.63, 3.8) is 0 Å². The van der Waals surface area contributed by atoms with Crippen LogP contribution in [-0.2, 0) is 6.42 Å². The van der Waals surface area contributed by atoms with Crippen LogP contribution >= 0.6 is 11.3 Å². The van der Waals surface area contributed by atoms with E-state index < -0.39 is 0 Å². The van der Waals surface area contributed by atoms with Gasteiger partial charge in [0.25, 0.3) is 0 Å². The molecule has 0 N–H and O–H groups in total. The molecule has 1 aromatic rings. The van der Waals surface area contributed by atoms with E-state index in [1.54, 1.807) is 4.88 Å². The second-order valence-electron chi connectivity index (χ2n) is 4.13. The molecule has 0 aliphatic heterocycles. The van der Waals surface area contributed by atoms with Crippen molar-refractivity contribution in [2.75, 3.05) is 0 Å². The average Bonchev–Trinajstić information content (AvgIpc) is 2.58.